The van der Waals surface area contributed by atoms with Crippen molar-refractivity contribution in [2.75, 3.05) is 57.0 Å². The van der Waals surface area contributed by atoms with E-state index in [9.17, 15) is 4.79 Å². The van der Waals surface area contributed by atoms with Crippen LogP contribution in [-0.4, -0.2) is 78.2 Å². The first kappa shape index (κ1) is 26.5. The molecule has 9 heteroatoms. The molecule has 206 valence electrons. The number of amides is 1. The first-order valence-corrected chi connectivity index (χ1v) is 14.2. The van der Waals surface area contributed by atoms with Gasteiger partial charge in [-0.2, -0.15) is 4.98 Å². The summed E-state index contributed by atoms with van der Waals surface area (Å²) in [6, 6.07) is 7.82. The van der Waals surface area contributed by atoms with Gasteiger partial charge in [-0.3, -0.25) is 4.79 Å². The highest BCUT2D eigenvalue weighted by Crippen LogP contribution is 2.37. The lowest BCUT2D eigenvalue weighted by molar-refractivity contribution is -0.130. The number of anilines is 3. The highest BCUT2D eigenvalue weighted by molar-refractivity contribution is 5.73. The van der Waals surface area contributed by atoms with Crippen LogP contribution in [-0.2, 0) is 4.79 Å². The SMILES string of the molecule is COc1cc(Nc2nccc(NCC3CCN(C(C)=O)CC3)n2)ccc1O[C@H]1CCC[C@@H]1CN1CCCC1. The zero-order chi connectivity index (χ0) is 26.3. The molecule has 2 aromatic rings. The lowest BCUT2D eigenvalue weighted by Gasteiger charge is -2.31. The molecule has 38 heavy (non-hydrogen) atoms. The van der Waals surface area contributed by atoms with Crippen LogP contribution in [0.4, 0.5) is 17.5 Å². The second kappa shape index (κ2) is 12.7. The summed E-state index contributed by atoms with van der Waals surface area (Å²) in [5.74, 6) is 4.10. The van der Waals surface area contributed by atoms with Crippen LogP contribution in [0.3, 0.4) is 0 Å². The Hall–Kier alpha value is -3.07. The first-order valence-electron chi connectivity index (χ1n) is 14.2. The molecule has 5 rings (SSSR count). The summed E-state index contributed by atoms with van der Waals surface area (Å²) < 4.78 is 12.2. The van der Waals surface area contributed by atoms with Crippen LogP contribution in [0, 0.1) is 11.8 Å². The number of carbonyl (C=O) groups excluding carboxylic acids is 1. The minimum absolute atomic E-state index is 0.166. The molecular formula is C29H42N6O3. The van der Waals surface area contributed by atoms with E-state index in [1.54, 1.807) is 20.2 Å². The third-order valence-corrected chi connectivity index (χ3v) is 8.27. The van der Waals surface area contributed by atoms with Crippen molar-refractivity contribution < 1.29 is 14.3 Å². The highest BCUT2D eigenvalue weighted by atomic mass is 16.5. The van der Waals surface area contributed by atoms with Crippen molar-refractivity contribution >= 4 is 23.4 Å². The van der Waals surface area contributed by atoms with Crippen molar-refractivity contribution in [1.82, 2.24) is 19.8 Å². The van der Waals surface area contributed by atoms with Crippen LogP contribution >= 0.6 is 0 Å². The molecule has 1 aromatic carbocycles. The van der Waals surface area contributed by atoms with Crippen molar-refractivity contribution in [3.05, 3.63) is 30.5 Å². The quantitative estimate of drug-likeness (QED) is 0.470. The van der Waals surface area contributed by atoms with Gasteiger partial charge in [0.05, 0.1) is 7.11 Å². The van der Waals surface area contributed by atoms with Crippen molar-refractivity contribution in [3.8, 4) is 11.5 Å². The molecule has 0 bridgehead atoms. The third-order valence-electron chi connectivity index (χ3n) is 8.27. The Morgan fingerprint density at radius 3 is 2.61 bits per heavy atom. The van der Waals surface area contributed by atoms with Crippen LogP contribution in [0.2, 0.25) is 0 Å². The van der Waals surface area contributed by atoms with Gasteiger partial charge >= 0.3 is 0 Å². The number of hydrogen-bond donors (Lipinski definition) is 2. The fraction of sp³-hybridized carbons (Fsp3) is 0.621. The average Bonchev–Trinajstić information content (AvgIpc) is 3.61. The summed E-state index contributed by atoms with van der Waals surface area (Å²) in [7, 11) is 1.68. The number of ether oxygens (including phenoxy) is 2. The number of hydrogen-bond acceptors (Lipinski definition) is 8. The van der Waals surface area contributed by atoms with Crippen LogP contribution in [0.25, 0.3) is 0 Å². The molecule has 9 nitrogen and oxygen atoms in total. The predicted molar refractivity (Wildman–Crippen MR) is 149 cm³/mol. The first-order chi connectivity index (χ1) is 18.6. The molecule has 3 fully saturated rings. The van der Waals surface area contributed by atoms with Gasteiger partial charge in [-0.05, 0) is 82.2 Å². The van der Waals surface area contributed by atoms with Gasteiger partial charge in [-0.15, -0.1) is 0 Å². The second-order valence-electron chi connectivity index (χ2n) is 10.9. The maximum Gasteiger partial charge on any atom is 0.229 e. The van der Waals surface area contributed by atoms with E-state index in [-0.39, 0.29) is 12.0 Å². The Bertz CT molecular complexity index is 1070. The highest BCUT2D eigenvalue weighted by Gasteiger charge is 2.32. The summed E-state index contributed by atoms with van der Waals surface area (Å²) in [5.41, 5.74) is 0.850. The van der Waals surface area contributed by atoms with E-state index >= 15 is 0 Å². The standard InChI is InChI=1S/C29H42N6O3/c1-21(36)35-16-11-22(12-17-35)19-31-28-10-13-30-29(33-28)32-24-8-9-26(27(18-24)37-2)38-25-7-5-6-23(25)20-34-14-3-4-15-34/h8-10,13,18,22-23,25H,3-7,11-12,14-17,19-20H2,1-2H3,(H2,30,31,32,33)/t23-,25+/m1/s1. The van der Waals surface area contributed by atoms with Crippen molar-refractivity contribution in [2.24, 2.45) is 11.8 Å². The zero-order valence-corrected chi connectivity index (χ0v) is 22.8. The van der Waals surface area contributed by atoms with E-state index in [4.69, 9.17) is 9.47 Å². The number of nitrogens with zero attached hydrogens (tertiary/aromatic N) is 4. The maximum atomic E-state index is 11.5. The molecule has 2 aliphatic heterocycles. The smallest absolute Gasteiger partial charge is 0.229 e. The fourth-order valence-corrected chi connectivity index (χ4v) is 6.02. The number of carbonyl (C=O) groups is 1. The van der Waals surface area contributed by atoms with Gasteiger partial charge < -0.3 is 29.9 Å². The molecule has 1 aromatic heterocycles. The molecule has 2 N–H and O–H groups in total. The zero-order valence-electron chi connectivity index (χ0n) is 22.8. The van der Waals surface area contributed by atoms with Gasteiger partial charge in [0, 0.05) is 57.0 Å². The largest absolute Gasteiger partial charge is 0.493 e. The summed E-state index contributed by atoms with van der Waals surface area (Å²) >= 11 is 0. The van der Waals surface area contributed by atoms with E-state index in [1.165, 1.54) is 38.8 Å². The molecule has 1 saturated carbocycles. The number of aromatic nitrogens is 2. The summed E-state index contributed by atoms with van der Waals surface area (Å²) in [4.78, 5) is 25.1. The van der Waals surface area contributed by atoms with Gasteiger partial charge in [-0.1, -0.05) is 0 Å². The van der Waals surface area contributed by atoms with Gasteiger partial charge in [-0.25, -0.2) is 4.98 Å². The maximum absolute atomic E-state index is 11.5. The molecule has 1 aliphatic carbocycles. The van der Waals surface area contributed by atoms with Crippen molar-refractivity contribution in [3.63, 3.8) is 0 Å². The van der Waals surface area contributed by atoms with E-state index < -0.39 is 0 Å². The summed E-state index contributed by atoms with van der Waals surface area (Å²) in [6.45, 7) is 7.75. The number of nitrogens with one attached hydrogen (secondary N) is 2. The van der Waals surface area contributed by atoms with Crippen molar-refractivity contribution in [1.29, 1.82) is 0 Å². The van der Waals surface area contributed by atoms with E-state index in [1.807, 2.05) is 29.2 Å². The summed E-state index contributed by atoms with van der Waals surface area (Å²) in [5, 5.41) is 6.75. The summed E-state index contributed by atoms with van der Waals surface area (Å²) in [6.07, 6.45) is 10.2. The lowest BCUT2D eigenvalue weighted by atomic mass is 9.97. The molecule has 2 atom stereocenters. The normalized spacial score (nSPS) is 22.4. The van der Waals surface area contributed by atoms with Crippen LogP contribution in [0.1, 0.15) is 51.9 Å². The second-order valence-corrected chi connectivity index (χ2v) is 10.9. The molecular weight excluding hydrogens is 480 g/mol. The average molecular weight is 523 g/mol. The predicted octanol–water partition coefficient (Wildman–Crippen LogP) is 4.54. The Kier molecular flexibility index (Phi) is 8.83. The van der Waals surface area contributed by atoms with Gasteiger partial charge in [0.25, 0.3) is 0 Å². The molecule has 3 heterocycles. The molecule has 0 radical (unpaired) electrons. The Morgan fingerprint density at radius 2 is 1.84 bits per heavy atom. The Morgan fingerprint density at radius 1 is 1.03 bits per heavy atom. The Balaban J connectivity index is 1.15. The van der Waals surface area contributed by atoms with E-state index in [0.717, 1.165) is 62.7 Å². The van der Waals surface area contributed by atoms with E-state index in [0.29, 0.717) is 23.5 Å². The fourth-order valence-electron chi connectivity index (χ4n) is 6.02. The number of methoxy groups -OCH3 is 1. The number of rotatable bonds is 10. The van der Waals surface area contributed by atoms with E-state index in [2.05, 4.69) is 25.5 Å². The minimum Gasteiger partial charge on any atom is -0.493 e. The lowest BCUT2D eigenvalue weighted by Crippen LogP contribution is -2.38. The molecule has 0 spiro atoms. The van der Waals surface area contributed by atoms with Crippen LogP contribution < -0.4 is 20.1 Å². The number of likely N-dealkylation sites (tertiary alicyclic amines) is 2. The van der Waals surface area contributed by atoms with Crippen molar-refractivity contribution in [2.45, 2.75) is 58.0 Å². The van der Waals surface area contributed by atoms with Gasteiger partial charge in [0.1, 0.15) is 11.9 Å². The molecule has 2 saturated heterocycles. The topological polar surface area (TPSA) is 91.9 Å². The minimum atomic E-state index is 0.166. The van der Waals surface area contributed by atoms with Crippen LogP contribution in [0.15, 0.2) is 30.5 Å². The third kappa shape index (κ3) is 6.87. The number of piperidine rings is 1. The molecule has 0 unspecified atom stereocenters. The van der Waals surface area contributed by atoms with Crippen LogP contribution in [0.5, 0.6) is 11.5 Å². The van der Waals surface area contributed by atoms with Gasteiger partial charge in [0.15, 0.2) is 11.5 Å². The monoisotopic (exact) mass is 522 g/mol. The Labute approximate surface area is 226 Å². The number of benzene rings is 1. The van der Waals surface area contributed by atoms with Gasteiger partial charge in [0.2, 0.25) is 11.9 Å². The molecule has 3 aliphatic rings. The molecule has 1 amide bonds.